The number of hydrogen-bond donors (Lipinski definition) is 1. The van der Waals surface area contributed by atoms with Crippen LogP contribution in [0.15, 0.2) is 0 Å². The molecule has 2 unspecified atom stereocenters. The summed E-state index contributed by atoms with van der Waals surface area (Å²) in [5.41, 5.74) is 0. The smallest absolute Gasteiger partial charge is 0.225 e. The molecule has 1 fully saturated rings. The van der Waals surface area contributed by atoms with Gasteiger partial charge in [0.2, 0.25) is 5.91 Å². The Morgan fingerprint density at radius 1 is 1.47 bits per heavy atom. The van der Waals surface area contributed by atoms with Gasteiger partial charge in [-0.05, 0) is 19.3 Å². The van der Waals surface area contributed by atoms with Gasteiger partial charge in [-0.1, -0.05) is 26.7 Å². The lowest BCUT2D eigenvalue weighted by Crippen LogP contribution is -2.44. The zero-order chi connectivity index (χ0) is 11.3. The highest BCUT2D eigenvalue weighted by atomic mass is 16.3. The van der Waals surface area contributed by atoms with E-state index >= 15 is 0 Å². The molecule has 0 saturated carbocycles. The number of hydrogen-bond acceptors (Lipinski definition) is 2. The Labute approximate surface area is 92.5 Å². The molecule has 88 valence electrons. The summed E-state index contributed by atoms with van der Waals surface area (Å²) in [7, 11) is 0. The Morgan fingerprint density at radius 2 is 2.20 bits per heavy atom. The molecule has 1 aliphatic heterocycles. The molecule has 0 aromatic carbocycles. The molecule has 3 heteroatoms. The maximum Gasteiger partial charge on any atom is 0.225 e. The maximum absolute atomic E-state index is 12.1. The van der Waals surface area contributed by atoms with E-state index in [2.05, 4.69) is 0 Å². The Hall–Kier alpha value is -0.570. The summed E-state index contributed by atoms with van der Waals surface area (Å²) in [5.74, 6) is 0.315. The SMILES string of the molecule is CCC(C)C(=O)N1CCCCCC1CO. The zero-order valence-corrected chi connectivity index (χ0v) is 9.91. The molecule has 0 bridgehead atoms. The van der Waals surface area contributed by atoms with Crippen molar-refractivity contribution in [3.05, 3.63) is 0 Å². The van der Waals surface area contributed by atoms with Crippen LogP contribution in [0.2, 0.25) is 0 Å². The zero-order valence-electron chi connectivity index (χ0n) is 9.91. The second-order valence-corrected chi connectivity index (χ2v) is 4.53. The number of aliphatic hydroxyl groups is 1. The molecule has 0 aromatic rings. The van der Waals surface area contributed by atoms with Crippen molar-refractivity contribution in [2.24, 2.45) is 5.92 Å². The van der Waals surface area contributed by atoms with Crippen LogP contribution in [0, 0.1) is 5.92 Å². The van der Waals surface area contributed by atoms with Crippen LogP contribution in [0.1, 0.15) is 46.0 Å². The average Bonchev–Trinajstić information content (AvgIpc) is 2.51. The molecule has 0 radical (unpaired) electrons. The van der Waals surface area contributed by atoms with Crippen LogP contribution in [-0.2, 0) is 4.79 Å². The minimum atomic E-state index is 0.0639. The van der Waals surface area contributed by atoms with Crippen LogP contribution in [0.4, 0.5) is 0 Å². The third-order valence-electron chi connectivity index (χ3n) is 3.40. The molecule has 1 amide bonds. The lowest BCUT2D eigenvalue weighted by molar-refractivity contribution is -0.138. The number of carbonyl (C=O) groups excluding carboxylic acids is 1. The van der Waals surface area contributed by atoms with E-state index in [1.54, 1.807) is 0 Å². The predicted octanol–water partition coefficient (Wildman–Crippen LogP) is 1.80. The number of aliphatic hydroxyl groups excluding tert-OH is 1. The minimum Gasteiger partial charge on any atom is -0.394 e. The minimum absolute atomic E-state index is 0.0639. The highest BCUT2D eigenvalue weighted by Gasteiger charge is 2.27. The lowest BCUT2D eigenvalue weighted by atomic mass is 10.1. The first kappa shape index (κ1) is 12.5. The third kappa shape index (κ3) is 3.20. The lowest BCUT2D eigenvalue weighted by Gasteiger charge is -2.30. The van der Waals surface area contributed by atoms with Crippen molar-refractivity contribution in [2.45, 2.75) is 52.0 Å². The molecule has 1 N–H and O–H groups in total. The summed E-state index contributed by atoms with van der Waals surface area (Å²) in [5, 5.41) is 9.30. The first-order valence-corrected chi connectivity index (χ1v) is 6.12. The van der Waals surface area contributed by atoms with Crippen LogP contribution in [0.25, 0.3) is 0 Å². The van der Waals surface area contributed by atoms with Gasteiger partial charge < -0.3 is 10.0 Å². The summed E-state index contributed by atoms with van der Waals surface area (Å²) in [6, 6.07) is 0.0639. The van der Waals surface area contributed by atoms with Crippen molar-refractivity contribution in [1.82, 2.24) is 4.90 Å². The largest absolute Gasteiger partial charge is 0.394 e. The highest BCUT2D eigenvalue weighted by molar-refractivity contribution is 5.78. The molecular formula is C12H23NO2. The van der Waals surface area contributed by atoms with Crippen molar-refractivity contribution in [1.29, 1.82) is 0 Å². The summed E-state index contributed by atoms with van der Waals surface area (Å²) >= 11 is 0. The molecule has 0 aromatic heterocycles. The Balaban J connectivity index is 2.65. The average molecular weight is 213 g/mol. The summed E-state index contributed by atoms with van der Waals surface area (Å²) in [6.07, 6.45) is 5.24. The molecule has 1 aliphatic rings. The maximum atomic E-state index is 12.1. The first-order chi connectivity index (χ1) is 7.20. The van der Waals surface area contributed by atoms with Crippen molar-refractivity contribution >= 4 is 5.91 Å². The van der Waals surface area contributed by atoms with Gasteiger partial charge >= 0.3 is 0 Å². The normalized spacial score (nSPS) is 24.7. The number of rotatable bonds is 3. The fraction of sp³-hybridized carbons (Fsp3) is 0.917. The van der Waals surface area contributed by atoms with E-state index < -0.39 is 0 Å². The standard InChI is InChI=1S/C12H23NO2/c1-3-10(2)12(15)13-8-6-4-5-7-11(13)9-14/h10-11,14H,3-9H2,1-2H3. The van der Waals surface area contributed by atoms with Gasteiger partial charge in [-0.25, -0.2) is 0 Å². The molecule has 0 spiro atoms. The van der Waals surface area contributed by atoms with Gasteiger partial charge in [-0.15, -0.1) is 0 Å². The van der Waals surface area contributed by atoms with Gasteiger partial charge in [0.25, 0.3) is 0 Å². The van der Waals surface area contributed by atoms with Crippen molar-refractivity contribution < 1.29 is 9.90 Å². The fourth-order valence-electron chi connectivity index (χ4n) is 2.11. The molecule has 2 atom stereocenters. The molecule has 3 nitrogen and oxygen atoms in total. The Morgan fingerprint density at radius 3 is 2.80 bits per heavy atom. The van der Waals surface area contributed by atoms with E-state index in [0.717, 1.165) is 32.2 Å². The van der Waals surface area contributed by atoms with Crippen LogP contribution >= 0.6 is 0 Å². The highest BCUT2D eigenvalue weighted by Crippen LogP contribution is 2.19. The molecule has 15 heavy (non-hydrogen) atoms. The Bertz CT molecular complexity index is 206. The van der Waals surface area contributed by atoms with Crippen LogP contribution in [0.3, 0.4) is 0 Å². The topological polar surface area (TPSA) is 40.5 Å². The number of carbonyl (C=O) groups is 1. The summed E-state index contributed by atoms with van der Waals surface area (Å²) in [6.45, 7) is 4.95. The van der Waals surface area contributed by atoms with Crippen LogP contribution < -0.4 is 0 Å². The van der Waals surface area contributed by atoms with E-state index in [4.69, 9.17) is 0 Å². The number of nitrogens with zero attached hydrogens (tertiary/aromatic N) is 1. The second kappa shape index (κ2) is 6.11. The van der Waals surface area contributed by atoms with E-state index in [9.17, 15) is 9.90 Å². The Kier molecular flexibility index (Phi) is 5.09. The summed E-state index contributed by atoms with van der Waals surface area (Å²) < 4.78 is 0. The molecule has 1 saturated heterocycles. The van der Waals surface area contributed by atoms with E-state index in [1.165, 1.54) is 6.42 Å². The van der Waals surface area contributed by atoms with Gasteiger partial charge in [-0.2, -0.15) is 0 Å². The molecule has 1 heterocycles. The molecule has 1 rings (SSSR count). The van der Waals surface area contributed by atoms with Crippen molar-refractivity contribution in [2.75, 3.05) is 13.2 Å². The molecule has 0 aliphatic carbocycles. The fourth-order valence-corrected chi connectivity index (χ4v) is 2.11. The monoisotopic (exact) mass is 213 g/mol. The van der Waals surface area contributed by atoms with Crippen molar-refractivity contribution in [3.63, 3.8) is 0 Å². The second-order valence-electron chi connectivity index (χ2n) is 4.53. The van der Waals surface area contributed by atoms with Crippen molar-refractivity contribution in [3.8, 4) is 0 Å². The predicted molar refractivity (Wildman–Crippen MR) is 60.5 cm³/mol. The van der Waals surface area contributed by atoms with Gasteiger partial charge in [0, 0.05) is 12.5 Å². The summed E-state index contributed by atoms with van der Waals surface area (Å²) in [4.78, 5) is 14.0. The van der Waals surface area contributed by atoms with Crippen LogP contribution in [0.5, 0.6) is 0 Å². The van der Waals surface area contributed by atoms with E-state index in [-0.39, 0.29) is 24.5 Å². The van der Waals surface area contributed by atoms with Gasteiger partial charge in [0.15, 0.2) is 0 Å². The van der Waals surface area contributed by atoms with Gasteiger partial charge in [-0.3, -0.25) is 4.79 Å². The quantitative estimate of drug-likeness (QED) is 0.776. The first-order valence-electron chi connectivity index (χ1n) is 6.12. The van der Waals surface area contributed by atoms with Gasteiger partial charge in [0.1, 0.15) is 0 Å². The van der Waals surface area contributed by atoms with Gasteiger partial charge in [0.05, 0.1) is 12.6 Å². The van der Waals surface area contributed by atoms with E-state index in [1.807, 2.05) is 18.7 Å². The third-order valence-corrected chi connectivity index (χ3v) is 3.40. The van der Waals surface area contributed by atoms with Crippen LogP contribution in [-0.4, -0.2) is 35.1 Å². The molecular weight excluding hydrogens is 190 g/mol. The number of likely N-dealkylation sites (tertiary alicyclic amines) is 1. The number of amides is 1. The van der Waals surface area contributed by atoms with E-state index in [0.29, 0.717) is 0 Å².